The van der Waals surface area contributed by atoms with Crippen LogP contribution in [0, 0.1) is 0 Å². The molecule has 4 N–H and O–H groups in total. The quantitative estimate of drug-likeness (QED) is 0.0274. The van der Waals surface area contributed by atoms with E-state index < -0.39 is 43.4 Å². The van der Waals surface area contributed by atoms with Crippen LogP contribution < -0.4 is 0 Å². The molecule has 60 heavy (non-hydrogen) atoms. The number of aliphatic hydroxyl groups is 4. The fourth-order valence-corrected chi connectivity index (χ4v) is 6.16. The molecule has 0 radical (unpaired) electrons. The number of ether oxygens (including phenoxy) is 4. The van der Waals surface area contributed by atoms with Crippen LogP contribution in [-0.4, -0.2) is 89.6 Å². The average molecular weight is 839 g/mol. The molecule has 0 bridgehead atoms. The molecular weight excluding hydrogens is 757 g/mol. The number of allylic oxidation sites excluding steroid dienone is 18. The minimum Gasteiger partial charge on any atom is -0.457 e. The predicted molar refractivity (Wildman–Crippen MR) is 246 cm³/mol. The maximum atomic E-state index is 12.8. The zero-order valence-electron chi connectivity index (χ0n) is 37.2. The van der Waals surface area contributed by atoms with Gasteiger partial charge in [-0.1, -0.05) is 155 Å². The lowest BCUT2D eigenvalue weighted by Gasteiger charge is -2.39. The summed E-state index contributed by atoms with van der Waals surface area (Å²) in [6.45, 7) is 4.21. The third kappa shape index (κ3) is 31.7. The van der Waals surface area contributed by atoms with Crippen LogP contribution in [0.2, 0.25) is 0 Å². The normalized spacial score (nSPS) is 21.1. The molecule has 6 unspecified atom stereocenters. The van der Waals surface area contributed by atoms with Gasteiger partial charge in [0.1, 0.15) is 30.5 Å². The van der Waals surface area contributed by atoms with Crippen molar-refractivity contribution in [2.45, 2.75) is 179 Å². The van der Waals surface area contributed by atoms with E-state index in [1.807, 2.05) is 0 Å². The molecule has 1 fully saturated rings. The van der Waals surface area contributed by atoms with Crippen LogP contribution in [-0.2, 0) is 23.7 Å². The number of hydrogen-bond donors (Lipinski definition) is 4. The third-order valence-corrected chi connectivity index (χ3v) is 9.68. The van der Waals surface area contributed by atoms with Gasteiger partial charge in [-0.25, -0.2) is 0 Å². The van der Waals surface area contributed by atoms with Crippen LogP contribution in [0.5, 0.6) is 0 Å². The molecule has 6 atom stereocenters. The molecule has 0 aromatic heterocycles. The zero-order chi connectivity index (χ0) is 43.6. The second-order valence-electron chi connectivity index (χ2n) is 15.1. The summed E-state index contributed by atoms with van der Waals surface area (Å²) in [5.74, 6) is -0.379. The highest BCUT2D eigenvalue weighted by atomic mass is 16.7. The van der Waals surface area contributed by atoms with E-state index in [9.17, 15) is 25.2 Å². The first-order valence-electron chi connectivity index (χ1n) is 23.0. The second-order valence-corrected chi connectivity index (χ2v) is 15.1. The summed E-state index contributed by atoms with van der Waals surface area (Å²) in [5, 5.41) is 40.1. The lowest BCUT2D eigenvalue weighted by atomic mass is 9.99. The number of carbonyl (C=O) groups is 1. The summed E-state index contributed by atoms with van der Waals surface area (Å²) in [7, 11) is 0. The lowest BCUT2D eigenvalue weighted by Crippen LogP contribution is -2.59. The number of unbranched alkanes of at least 4 members (excludes halogenated alkanes) is 8. The van der Waals surface area contributed by atoms with E-state index in [-0.39, 0.29) is 25.6 Å². The molecule has 1 saturated heterocycles. The van der Waals surface area contributed by atoms with Crippen molar-refractivity contribution in [2.24, 2.45) is 0 Å². The van der Waals surface area contributed by atoms with E-state index in [1.54, 1.807) is 0 Å². The third-order valence-electron chi connectivity index (χ3n) is 9.68. The van der Waals surface area contributed by atoms with Crippen LogP contribution >= 0.6 is 0 Å². The zero-order valence-corrected chi connectivity index (χ0v) is 37.2. The molecule has 340 valence electrons. The van der Waals surface area contributed by atoms with Crippen molar-refractivity contribution >= 4 is 5.97 Å². The van der Waals surface area contributed by atoms with Gasteiger partial charge in [0.25, 0.3) is 0 Å². The summed E-state index contributed by atoms with van der Waals surface area (Å²) in [5.41, 5.74) is 0. The number of carbonyl (C=O) groups excluding carboxylic acids is 1. The number of aliphatic hydroxyl groups excluding tert-OH is 4. The molecule has 1 aliphatic rings. The van der Waals surface area contributed by atoms with Crippen molar-refractivity contribution in [3.63, 3.8) is 0 Å². The van der Waals surface area contributed by atoms with Crippen molar-refractivity contribution in [1.82, 2.24) is 0 Å². The Labute approximate surface area is 364 Å². The summed E-state index contributed by atoms with van der Waals surface area (Å²) in [6, 6.07) is 0. The monoisotopic (exact) mass is 839 g/mol. The van der Waals surface area contributed by atoms with Gasteiger partial charge in [-0.2, -0.15) is 0 Å². The Balaban J connectivity index is 2.32. The van der Waals surface area contributed by atoms with E-state index in [2.05, 4.69) is 123 Å². The van der Waals surface area contributed by atoms with Crippen LogP contribution in [0.4, 0.5) is 0 Å². The molecule has 0 saturated carbocycles. The Morgan fingerprint density at radius 1 is 0.533 bits per heavy atom. The Morgan fingerprint density at radius 2 is 0.967 bits per heavy atom. The van der Waals surface area contributed by atoms with Crippen molar-refractivity contribution in [3.05, 3.63) is 109 Å². The lowest BCUT2D eigenvalue weighted by molar-refractivity contribution is -0.305. The highest BCUT2D eigenvalue weighted by Gasteiger charge is 2.44. The van der Waals surface area contributed by atoms with Crippen molar-refractivity contribution in [1.29, 1.82) is 0 Å². The SMILES string of the molecule is CC/C=C\C/C=C\C/C=C\C/C=C\C/C=C\CCCC(=O)OC(COCCCCCCCCC/C=C\C/C=C\C/C=C\C/C=C\CC)COC1OC(CO)C(O)C(O)C1O. The Kier molecular flexibility index (Phi) is 37.7. The minimum atomic E-state index is -1.56. The molecule has 0 aromatic rings. The van der Waals surface area contributed by atoms with Crippen LogP contribution in [0.1, 0.15) is 142 Å². The molecule has 0 aliphatic carbocycles. The Bertz CT molecular complexity index is 1270. The summed E-state index contributed by atoms with van der Waals surface area (Å²) in [6.07, 6.45) is 51.2. The summed E-state index contributed by atoms with van der Waals surface area (Å²) in [4.78, 5) is 12.8. The summed E-state index contributed by atoms with van der Waals surface area (Å²) >= 11 is 0. The molecular formula is C51H82O9. The van der Waals surface area contributed by atoms with Crippen LogP contribution in [0.25, 0.3) is 0 Å². The van der Waals surface area contributed by atoms with Gasteiger partial charge in [-0.15, -0.1) is 0 Å². The predicted octanol–water partition coefficient (Wildman–Crippen LogP) is 10.6. The number of rotatable bonds is 37. The highest BCUT2D eigenvalue weighted by Crippen LogP contribution is 2.22. The van der Waals surface area contributed by atoms with Gasteiger partial charge in [0.05, 0.1) is 19.8 Å². The van der Waals surface area contributed by atoms with Gasteiger partial charge in [-0.3, -0.25) is 4.79 Å². The maximum Gasteiger partial charge on any atom is 0.306 e. The molecule has 9 heteroatoms. The van der Waals surface area contributed by atoms with E-state index in [0.29, 0.717) is 13.0 Å². The Hall–Kier alpha value is -3.15. The maximum absolute atomic E-state index is 12.8. The molecule has 1 aliphatic heterocycles. The molecule has 9 nitrogen and oxygen atoms in total. The smallest absolute Gasteiger partial charge is 0.306 e. The van der Waals surface area contributed by atoms with E-state index in [0.717, 1.165) is 89.9 Å². The molecule has 0 aromatic carbocycles. The van der Waals surface area contributed by atoms with E-state index >= 15 is 0 Å². The van der Waals surface area contributed by atoms with Gasteiger partial charge in [0.2, 0.25) is 0 Å². The first kappa shape index (κ1) is 54.9. The molecule has 1 heterocycles. The minimum absolute atomic E-state index is 0.106. The first-order chi connectivity index (χ1) is 29.4. The van der Waals surface area contributed by atoms with Crippen molar-refractivity contribution < 1.29 is 44.2 Å². The van der Waals surface area contributed by atoms with Crippen molar-refractivity contribution in [2.75, 3.05) is 26.4 Å². The summed E-state index contributed by atoms with van der Waals surface area (Å²) < 4.78 is 22.8. The fourth-order valence-electron chi connectivity index (χ4n) is 6.16. The topological polar surface area (TPSA) is 135 Å². The number of hydrogen-bond acceptors (Lipinski definition) is 9. The van der Waals surface area contributed by atoms with Gasteiger partial charge < -0.3 is 39.4 Å². The second kappa shape index (κ2) is 41.2. The van der Waals surface area contributed by atoms with E-state index in [4.69, 9.17) is 18.9 Å². The largest absolute Gasteiger partial charge is 0.457 e. The van der Waals surface area contributed by atoms with Gasteiger partial charge in [0.15, 0.2) is 6.29 Å². The highest BCUT2D eigenvalue weighted by molar-refractivity contribution is 5.69. The van der Waals surface area contributed by atoms with Crippen LogP contribution in [0.15, 0.2) is 109 Å². The average Bonchev–Trinajstić information content (AvgIpc) is 3.25. The van der Waals surface area contributed by atoms with Gasteiger partial charge >= 0.3 is 5.97 Å². The standard InChI is InChI=1S/C51H82O9/c1-3-5-7-9-11-13-15-17-19-21-22-23-25-27-29-31-33-35-37-39-41-57-43-45(44-58-51-50(56)49(55)48(54)46(42-52)60-51)59-47(53)40-38-36-34-32-30-28-26-24-20-18-16-14-12-10-8-6-4-2/h5-8,11-14,17-20,22-23,26,28,32,34,45-46,48-52,54-56H,3-4,9-10,15-16,21,24-25,27,29-31,33,35-44H2,1-2H3/b7-5-,8-6-,13-11-,14-12-,19-17-,20-18-,23-22-,28-26-,34-32-. The molecule has 1 rings (SSSR count). The fraction of sp³-hybridized carbons (Fsp3) is 0.627. The van der Waals surface area contributed by atoms with Crippen LogP contribution in [0.3, 0.4) is 0 Å². The Morgan fingerprint density at radius 3 is 1.45 bits per heavy atom. The first-order valence-corrected chi connectivity index (χ1v) is 23.0. The number of esters is 1. The van der Waals surface area contributed by atoms with Gasteiger partial charge in [-0.05, 0) is 89.9 Å². The van der Waals surface area contributed by atoms with E-state index in [1.165, 1.54) is 25.7 Å². The van der Waals surface area contributed by atoms with Crippen molar-refractivity contribution in [3.8, 4) is 0 Å². The molecule has 0 amide bonds. The van der Waals surface area contributed by atoms with Gasteiger partial charge in [0, 0.05) is 13.0 Å². The molecule has 0 spiro atoms.